The second kappa shape index (κ2) is 11.2. The number of urea groups is 1. The Hall–Kier alpha value is -3.61. The van der Waals surface area contributed by atoms with E-state index < -0.39 is 34.9 Å². The number of halogens is 4. The van der Waals surface area contributed by atoms with Gasteiger partial charge in [-0.25, -0.2) is 9.78 Å². The number of carbonyl (C=O) groups excluding carboxylic acids is 1. The van der Waals surface area contributed by atoms with Crippen LogP contribution >= 0.6 is 11.6 Å². The van der Waals surface area contributed by atoms with Crippen LogP contribution in [0.5, 0.6) is 11.6 Å². The third kappa shape index (κ3) is 7.44. The fraction of sp³-hybridized carbons (Fsp3) is 0.227. The standard InChI is InChI=1S/C22H21ClF3N5O4/c1-12(33)18(11-32)30-20-27-9-8-19(31-20)35-15-5-2-13(3-6-15)28-21(34)29-14-4-7-17(23)16(10-14)22(24,25)26/h2-10,12,18,32-33H,11H2,1H3,(H,27,30,31)(H2,28,29,34)/t12-,18-/m0/s1. The van der Waals surface area contributed by atoms with E-state index in [1.54, 1.807) is 12.1 Å². The lowest BCUT2D eigenvalue weighted by molar-refractivity contribution is -0.137. The molecule has 0 saturated heterocycles. The quantitative estimate of drug-likeness (QED) is 0.295. The van der Waals surface area contributed by atoms with Crippen LogP contribution in [0, 0.1) is 0 Å². The first kappa shape index (κ1) is 26.0. The molecule has 1 aromatic heterocycles. The first-order valence-corrected chi connectivity index (χ1v) is 10.5. The van der Waals surface area contributed by atoms with Crippen LogP contribution in [0.2, 0.25) is 5.02 Å². The Bertz CT molecular complexity index is 1160. The van der Waals surface area contributed by atoms with Gasteiger partial charge in [-0.1, -0.05) is 11.6 Å². The fourth-order valence-electron chi connectivity index (χ4n) is 2.79. The van der Waals surface area contributed by atoms with Crippen molar-refractivity contribution in [2.24, 2.45) is 0 Å². The van der Waals surface area contributed by atoms with Crippen LogP contribution in [0.4, 0.5) is 35.3 Å². The van der Waals surface area contributed by atoms with Crippen molar-refractivity contribution in [3.05, 3.63) is 65.3 Å². The highest BCUT2D eigenvalue weighted by Crippen LogP contribution is 2.36. The molecule has 186 valence electrons. The number of hydrogen-bond acceptors (Lipinski definition) is 7. The van der Waals surface area contributed by atoms with E-state index in [1.807, 2.05) is 0 Å². The summed E-state index contributed by atoms with van der Waals surface area (Å²) in [6.07, 6.45) is -4.06. The Balaban J connectivity index is 1.60. The molecule has 2 aromatic carbocycles. The maximum Gasteiger partial charge on any atom is 0.417 e. The zero-order chi connectivity index (χ0) is 25.6. The average Bonchev–Trinajstić information content (AvgIpc) is 2.79. The van der Waals surface area contributed by atoms with Gasteiger partial charge in [0, 0.05) is 23.6 Å². The molecule has 3 rings (SSSR count). The zero-order valence-corrected chi connectivity index (χ0v) is 18.9. The highest BCUT2D eigenvalue weighted by atomic mass is 35.5. The summed E-state index contributed by atoms with van der Waals surface area (Å²) in [5, 5.41) is 26.0. The number of nitrogens with zero attached hydrogens (tertiary/aromatic N) is 2. The van der Waals surface area contributed by atoms with E-state index in [2.05, 4.69) is 25.9 Å². The largest absolute Gasteiger partial charge is 0.439 e. The molecular weight excluding hydrogens is 491 g/mol. The SMILES string of the molecule is C[C@H](O)[C@H](CO)Nc1nccc(Oc2ccc(NC(=O)Nc3ccc(Cl)c(C(F)(F)F)c3)cc2)n1. The molecule has 2 atom stereocenters. The summed E-state index contributed by atoms with van der Waals surface area (Å²) in [4.78, 5) is 20.3. The van der Waals surface area contributed by atoms with E-state index in [0.717, 1.165) is 12.1 Å². The van der Waals surface area contributed by atoms with Crippen molar-refractivity contribution in [1.82, 2.24) is 9.97 Å². The van der Waals surface area contributed by atoms with Crippen molar-refractivity contribution in [2.45, 2.75) is 25.2 Å². The van der Waals surface area contributed by atoms with Gasteiger partial charge in [-0.2, -0.15) is 18.2 Å². The van der Waals surface area contributed by atoms with Gasteiger partial charge in [-0.15, -0.1) is 0 Å². The van der Waals surface area contributed by atoms with E-state index in [9.17, 15) is 28.2 Å². The second-order valence-corrected chi connectivity index (χ2v) is 7.70. The molecule has 5 N–H and O–H groups in total. The van der Waals surface area contributed by atoms with Crippen molar-refractivity contribution in [1.29, 1.82) is 0 Å². The molecule has 0 spiro atoms. The van der Waals surface area contributed by atoms with Gasteiger partial charge in [0.1, 0.15) is 5.75 Å². The highest BCUT2D eigenvalue weighted by Gasteiger charge is 2.33. The third-order valence-corrected chi connectivity index (χ3v) is 4.92. The van der Waals surface area contributed by atoms with E-state index in [-0.39, 0.29) is 24.1 Å². The molecule has 0 aliphatic carbocycles. The number of anilines is 3. The van der Waals surface area contributed by atoms with Crippen molar-refractivity contribution in [3.63, 3.8) is 0 Å². The molecule has 35 heavy (non-hydrogen) atoms. The van der Waals surface area contributed by atoms with Gasteiger partial charge in [0.05, 0.1) is 29.3 Å². The summed E-state index contributed by atoms with van der Waals surface area (Å²) in [6.45, 7) is 1.19. The van der Waals surface area contributed by atoms with Gasteiger partial charge >= 0.3 is 12.2 Å². The normalized spacial score (nSPS) is 13.0. The number of aromatic nitrogens is 2. The predicted octanol–water partition coefficient (Wildman–Crippen LogP) is 4.74. The smallest absolute Gasteiger partial charge is 0.417 e. The predicted molar refractivity (Wildman–Crippen MR) is 124 cm³/mol. The van der Waals surface area contributed by atoms with Gasteiger partial charge in [-0.05, 0) is 49.4 Å². The summed E-state index contributed by atoms with van der Waals surface area (Å²) in [5.74, 6) is 0.710. The van der Waals surface area contributed by atoms with Crippen molar-refractivity contribution in [3.8, 4) is 11.6 Å². The Labute approximate surface area is 202 Å². The lowest BCUT2D eigenvalue weighted by Crippen LogP contribution is -2.35. The minimum Gasteiger partial charge on any atom is -0.439 e. The number of aliphatic hydroxyl groups is 2. The lowest BCUT2D eigenvalue weighted by Gasteiger charge is -2.18. The molecule has 0 radical (unpaired) electrons. The number of benzene rings is 2. The number of rotatable bonds is 8. The van der Waals surface area contributed by atoms with Gasteiger partial charge in [0.2, 0.25) is 11.8 Å². The topological polar surface area (TPSA) is 129 Å². The van der Waals surface area contributed by atoms with Crippen LogP contribution in [-0.4, -0.2) is 45.0 Å². The summed E-state index contributed by atoms with van der Waals surface area (Å²) in [6, 6.07) is 9.27. The number of nitrogens with one attached hydrogen (secondary N) is 3. The molecule has 0 bridgehead atoms. The molecule has 1 heterocycles. The summed E-state index contributed by atoms with van der Waals surface area (Å²) in [5.41, 5.74) is -0.779. The Morgan fingerprint density at radius 2 is 1.77 bits per heavy atom. The lowest BCUT2D eigenvalue weighted by atomic mass is 10.2. The Kier molecular flexibility index (Phi) is 8.33. The third-order valence-electron chi connectivity index (χ3n) is 4.59. The number of ether oxygens (including phenoxy) is 1. The van der Waals surface area contributed by atoms with E-state index in [1.165, 1.54) is 37.4 Å². The maximum atomic E-state index is 13.0. The second-order valence-electron chi connectivity index (χ2n) is 7.29. The summed E-state index contributed by atoms with van der Waals surface area (Å²) >= 11 is 5.58. The molecular formula is C22H21ClF3N5O4. The molecule has 0 fully saturated rings. The van der Waals surface area contributed by atoms with Gasteiger partial charge < -0.3 is 30.9 Å². The van der Waals surface area contributed by atoms with Crippen molar-refractivity contribution >= 4 is 35.0 Å². The maximum absolute atomic E-state index is 13.0. The number of aliphatic hydroxyl groups excluding tert-OH is 2. The first-order valence-electron chi connectivity index (χ1n) is 10.2. The van der Waals surface area contributed by atoms with E-state index in [4.69, 9.17) is 16.3 Å². The van der Waals surface area contributed by atoms with Crippen molar-refractivity contribution < 1.29 is 32.9 Å². The minimum atomic E-state index is -4.65. The van der Waals surface area contributed by atoms with Gasteiger partial charge in [0.25, 0.3) is 0 Å². The molecule has 0 aliphatic heterocycles. The van der Waals surface area contributed by atoms with E-state index >= 15 is 0 Å². The van der Waals surface area contributed by atoms with Crippen LogP contribution in [0.3, 0.4) is 0 Å². The zero-order valence-electron chi connectivity index (χ0n) is 18.2. The molecule has 0 saturated carbocycles. The van der Waals surface area contributed by atoms with Gasteiger partial charge in [-0.3, -0.25) is 0 Å². The highest BCUT2D eigenvalue weighted by molar-refractivity contribution is 6.31. The number of alkyl halides is 3. The fourth-order valence-corrected chi connectivity index (χ4v) is 3.02. The minimum absolute atomic E-state index is 0.0774. The number of hydrogen-bond donors (Lipinski definition) is 5. The van der Waals surface area contributed by atoms with Crippen LogP contribution in [0.15, 0.2) is 54.7 Å². The first-order chi connectivity index (χ1) is 16.5. The Morgan fingerprint density at radius 3 is 2.40 bits per heavy atom. The van der Waals surface area contributed by atoms with Gasteiger partial charge in [0.15, 0.2) is 0 Å². The monoisotopic (exact) mass is 511 g/mol. The number of amides is 2. The summed E-state index contributed by atoms with van der Waals surface area (Å²) in [7, 11) is 0. The summed E-state index contributed by atoms with van der Waals surface area (Å²) < 4.78 is 44.6. The van der Waals surface area contributed by atoms with Crippen LogP contribution in [-0.2, 0) is 6.18 Å². The molecule has 0 unspecified atom stereocenters. The molecule has 2 amide bonds. The molecule has 3 aromatic rings. The van der Waals surface area contributed by atoms with Crippen LogP contribution in [0.1, 0.15) is 12.5 Å². The molecule has 13 heteroatoms. The van der Waals surface area contributed by atoms with Crippen LogP contribution in [0.25, 0.3) is 0 Å². The molecule has 0 aliphatic rings. The average molecular weight is 512 g/mol. The van der Waals surface area contributed by atoms with Crippen molar-refractivity contribution in [2.75, 3.05) is 22.6 Å². The number of carbonyl (C=O) groups is 1. The van der Waals surface area contributed by atoms with Crippen LogP contribution < -0.4 is 20.7 Å². The molecule has 9 nitrogen and oxygen atoms in total. The van der Waals surface area contributed by atoms with E-state index in [0.29, 0.717) is 11.4 Å². The Morgan fingerprint density at radius 1 is 1.11 bits per heavy atom.